The van der Waals surface area contributed by atoms with Gasteiger partial charge in [-0.1, -0.05) is 0 Å². The Balaban J connectivity index is 1.98. The van der Waals surface area contributed by atoms with Crippen molar-refractivity contribution in [2.45, 2.75) is 24.4 Å². The van der Waals surface area contributed by atoms with E-state index in [9.17, 15) is 18.0 Å². The normalized spacial score (nSPS) is 41.6. The number of rotatable bonds is 1. The second-order valence-corrected chi connectivity index (χ2v) is 3.45. The molecule has 1 aliphatic carbocycles. The van der Waals surface area contributed by atoms with Gasteiger partial charge in [0.2, 0.25) is 0 Å². The Bertz CT molecular complexity index is 267. The number of carboxylic acids is 1. The number of aliphatic carboxylic acids is 1. The highest BCUT2D eigenvalue weighted by Gasteiger charge is 2.67. The van der Waals surface area contributed by atoms with Crippen molar-refractivity contribution >= 4 is 5.97 Å². The molecule has 0 spiro atoms. The Hall–Kier alpha value is -0.820. The molecule has 1 saturated carbocycles. The van der Waals surface area contributed by atoms with Crippen LogP contribution in [0.1, 0.15) is 0 Å². The number of ether oxygens (including phenoxy) is 1. The van der Waals surface area contributed by atoms with Gasteiger partial charge in [0.05, 0.1) is 12.7 Å². The molecule has 4 nitrogen and oxygen atoms in total. The standard InChI is InChI=1S/C7H8F3NO3/c8-7(9,10)3-4-5(3)14-1-2(11-4)6(12)13/h2-5,11H,1H2,(H,12,13)/t2-,3+,4+,5-/m0/s1. The highest BCUT2D eigenvalue weighted by atomic mass is 19.4. The highest BCUT2D eigenvalue weighted by Crippen LogP contribution is 2.48. The van der Waals surface area contributed by atoms with Gasteiger partial charge in [-0.2, -0.15) is 13.2 Å². The lowest BCUT2D eigenvalue weighted by atomic mass is 10.3. The molecule has 0 aromatic heterocycles. The zero-order chi connectivity index (χ0) is 10.5. The lowest BCUT2D eigenvalue weighted by molar-refractivity contribution is -0.156. The van der Waals surface area contributed by atoms with Gasteiger partial charge in [0.1, 0.15) is 12.0 Å². The average Bonchev–Trinajstić information content (AvgIpc) is 2.74. The van der Waals surface area contributed by atoms with Crippen LogP contribution in [-0.4, -0.2) is 42.0 Å². The summed E-state index contributed by atoms with van der Waals surface area (Å²) in [6.45, 7) is -0.205. The van der Waals surface area contributed by atoms with E-state index in [0.29, 0.717) is 0 Å². The third-order valence-electron chi connectivity index (χ3n) is 2.48. The molecule has 1 saturated heterocycles. The van der Waals surface area contributed by atoms with Crippen molar-refractivity contribution in [1.82, 2.24) is 5.32 Å². The van der Waals surface area contributed by atoms with Gasteiger partial charge in [-0.15, -0.1) is 0 Å². The number of hydrogen-bond donors (Lipinski definition) is 2. The minimum Gasteiger partial charge on any atom is -0.480 e. The largest absolute Gasteiger partial charge is 0.480 e. The van der Waals surface area contributed by atoms with Crippen molar-refractivity contribution < 1.29 is 27.8 Å². The number of hydrogen-bond acceptors (Lipinski definition) is 3. The van der Waals surface area contributed by atoms with Crippen molar-refractivity contribution in [3.05, 3.63) is 0 Å². The molecule has 1 heterocycles. The van der Waals surface area contributed by atoms with Gasteiger partial charge in [0.15, 0.2) is 0 Å². The van der Waals surface area contributed by atoms with E-state index in [1.807, 2.05) is 0 Å². The first-order valence-corrected chi connectivity index (χ1v) is 4.08. The number of halogens is 3. The van der Waals surface area contributed by atoms with Crippen molar-refractivity contribution in [3.8, 4) is 0 Å². The highest BCUT2D eigenvalue weighted by molar-refractivity contribution is 5.74. The summed E-state index contributed by atoms with van der Waals surface area (Å²) in [4.78, 5) is 10.5. The van der Waals surface area contributed by atoms with Crippen LogP contribution in [0.25, 0.3) is 0 Å². The fourth-order valence-electron chi connectivity index (χ4n) is 1.71. The quantitative estimate of drug-likeness (QED) is 0.640. The minimum absolute atomic E-state index is 0.205. The van der Waals surface area contributed by atoms with E-state index < -0.39 is 36.3 Å². The Morgan fingerprint density at radius 3 is 2.64 bits per heavy atom. The summed E-state index contributed by atoms with van der Waals surface area (Å²) in [6, 6.07) is -1.91. The molecule has 2 fully saturated rings. The Morgan fingerprint density at radius 2 is 2.14 bits per heavy atom. The van der Waals surface area contributed by atoms with Crippen LogP contribution in [0.2, 0.25) is 0 Å². The maximum Gasteiger partial charge on any atom is 0.395 e. The molecule has 1 aliphatic heterocycles. The predicted octanol–water partition coefficient (Wildman–Crippen LogP) is -0.0113. The van der Waals surface area contributed by atoms with Crippen LogP contribution in [-0.2, 0) is 9.53 Å². The molecule has 7 heteroatoms. The third-order valence-corrected chi connectivity index (χ3v) is 2.48. The summed E-state index contributed by atoms with van der Waals surface area (Å²) in [7, 11) is 0. The second kappa shape index (κ2) is 2.83. The lowest BCUT2D eigenvalue weighted by Gasteiger charge is -2.18. The number of nitrogens with one attached hydrogen (secondary N) is 1. The second-order valence-electron chi connectivity index (χ2n) is 3.45. The molecule has 0 radical (unpaired) electrons. The van der Waals surface area contributed by atoms with Gasteiger partial charge in [-0.25, -0.2) is 0 Å². The van der Waals surface area contributed by atoms with Crippen molar-refractivity contribution in [2.75, 3.05) is 6.61 Å². The van der Waals surface area contributed by atoms with Crippen LogP contribution in [0.3, 0.4) is 0 Å². The number of carbonyl (C=O) groups is 1. The van der Waals surface area contributed by atoms with E-state index in [0.717, 1.165) is 0 Å². The van der Waals surface area contributed by atoms with Gasteiger partial charge in [0.25, 0.3) is 0 Å². The molecule has 0 bridgehead atoms. The summed E-state index contributed by atoms with van der Waals surface area (Å²) >= 11 is 0. The van der Waals surface area contributed by atoms with E-state index >= 15 is 0 Å². The van der Waals surface area contributed by atoms with Crippen molar-refractivity contribution in [2.24, 2.45) is 5.92 Å². The van der Waals surface area contributed by atoms with Gasteiger partial charge in [-0.05, 0) is 0 Å². The fraction of sp³-hybridized carbons (Fsp3) is 0.857. The van der Waals surface area contributed by atoms with Gasteiger partial charge < -0.3 is 9.84 Å². The minimum atomic E-state index is -4.31. The van der Waals surface area contributed by atoms with E-state index in [1.54, 1.807) is 0 Å². The van der Waals surface area contributed by atoms with Crippen LogP contribution in [0.4, 0.5) is 13.2 Å². The van der Waals surface area contributed by atoms with E-state index in [1.165, 1.54) is 0 Å². The monoisotopic (exact) mass is 211 g/mol. The number of alkyl halides is 3. The zero-order valence-electron chi connectivity index (χ0n) is 6.91. The molecule has 0 unspecified atom stereocenters. The van der Waals surface area contributed by atoms with Crippen molar-refractivity contribution in [3.63, 3.8) is 0 Å². The molecule has 0 amide bonds. The maximum atomic E-state index is 12.2. The van der Waals surface area contributed by atoms with Crippen molar-refractivity contribution in [1.29, 1.82) is 0 Å². The van der Waals surface area contributed by atoms with E-state index in [-0.39, 0.29) is 6.61 Å². The molecule has 0 aromatic carbocycles. The Morgan fingerprint density at radius 1 is 1.50 bits per heavy atom. The molecular formula is C7H8F3NO3. The first-order valence-electron chi connectivity index (χ1n) is 4.08. The van der Waals surface area contributed by atoms with Crippen LogP contribution < -0.4 is 5.32 Å². The molecule has 2 N–H and O–H groups in total. The first-order chi connectivity index (χ1) is 6.41. The summed E-state index contributed by atoms with van der Waals surface area (Å²) in [5.74, 6) is -2.73. The molecular weight excluding hydrogens is 203 g/mol. The predicted molar refractivity (Wildman–Crippen MR) is 37.6 cm³/mol. The van der Waals surface area contributed by atoms with Gasteiger partial charge in [-0.3, -0.25) is 10.1 Å². The smallest absolute Gasteiger partial charge is 0.395 e. The van der Waals surface area contributed by atoms with Gasteiger partial charge in [0, 0.05) is 6.04 Å². The van der Waals surface area contributed by atoms with Crippen LogP contribution in [0.15, 0.2) is 0 Å². The van der Waals surface area contributed by atoms with Crippen LogP contribution >= 0.6 is 0 Å². The Kier molecular flexibility index (Phi) is 1.97. The third kappa shape index (κ3) is 1.46. The number of fused-ring (bicyclic) bond motifs is 1. The van der Waals surface area contributed by atoms with Crippen LogP contribution in [0.5, 0.6) is 0 Å². The summed E-state index contributed by atoms with van der Waals surface area (Å²) < 4.78 is 41.4. The SMILES string of the molecule is O=C(O)[C@@H]1CO[C@@H]2[C@H](N1)[C@H]2C(F)(F)F. The average molecular weight is 211 g/mol. The lowest BCUT2D eigenvalue weighted by Crippen LogP contribution is -2.46. The molecule has 2 rings (SSSR count). The molecule has 0 aromatic rings. The number of carboxylic acid groups (broad SMARTS) is 1. The Labute approximate surface area is 77.0 Å². The maximum absolute atomic E-state index is 12.2. The summed E-state index contributed by atoms with van der Waals surface area (Å²) in [6.07, 6.45) is -5.21. The van der Waals surface area contributed by atoms with E-state index in [4.69, 9.17) is 9.84 Å². The molecule has 14 heavy (non-hydrogen) atoms. The molecule has 80 valence electrons. The topological polar surface area (TPSA) is 58.6 Å². The number of morpholine rings is 1. The van der Waals surface area contributed by atoms with Crippen LogP contribution in [0, 0.1) is 5.92 Å². The fourth-order valence-corrected chi connectivity index (χ4v) is 1.71. The summed E-state index contributed by atoms with van der Waals surface area (Å²) in [5.41, 5.74) is 0. The molecule has 2 aliphatic rings. The zero-order valence-corrected chi connectivity index (χ0v) is 6.91. The first kappa shape index (κ1) is 9.72. The van der Waals surface area contributed by atoms with E-state index in [2.05, 4.69) is 5.32 Å². The van der Waals surface area contributed by atoms with Gasteiger partial charge >= 0.3 is 12.1 Å². The molecule has 4 atom stereocenters. The summed E-state index contributed by atoms with van der Waals surface area (Å²) in [5, 5.41) is 10.9.